The fraction of sp³-hybridized carbons (Fsp3) is 0.893. The first-order valence-corrected chi connectivity index (χ1v) is 13.1. The molecule has 0 aliphatic heterocycles. The maximum atomic E-state index is 12.2. The molecule has 0 radical (unpaired) electrons. The molecule has 8 atom stereocenters. The third-order valence-corrected chi connectivity index (χ3v) is 10.7. The number of carboxylic acid groups (broad SMARTS) is 1. The Morgan fingerprint density at radius 3 is 2.53 bits per heavy atom. The Morgan fingerprint density at radius 1 is 1.07 bits per heavy atom. The molecular weight excluding hydrogens is 368 g/mol. The highest BCUT2D eigenvalue weighted by molar-refractivity contribution is 5.72. The van der Waals surface area contributed by atoms with E-state index in [9.17, 15) is 9.90 Å². The summed E-state index contributed by atoms with van der Waals surface area (Å²) in [6, 6.07) is 0. The highest BCUT2D eigenvalue weighted by Gasteiger charge is 2.61. The number of rotatable bonds is 6. The quantitative estimate of drug-likeness (QED) is 0.451. The average Bonchev–Trinajstić information content (AvgIpc) is 3.03. The lowest BCUT2D eigenvalue weighted by molar-refractivity contribution is -0.152. The van der Waals surface area contributed by atoms with Crippen molar-refractivity contribution in [1.82, 2.24) is 0 Å². The summed E-state index contributed by atoms with van der Waals surface area (Å²) in [5, 5.41) is 10.1. The van der Waals surface area contributed by atoms with E-state index < -0.39 is 5.97 Å². The van der Waals surface area contributed by atoms with Crippen LogP contribution in [0.1, 0.15) is 105 Å². The molecule has 0 heterocycles. The highest BCUT2D eigenvalue weighted by atomic mass is 16.4. The highest BCUT2D eigenvalue weighted by Crippen LogP contribution is 2.68. The van der Waals surface area contributed by atoms with Crippen molar-refractivity contribution < 1.29 is 9.90 Å². The maximum absolute atomic E-state index is 12.2. The number of aliphatic carboxylic acids is 1. The van der Waals surface area contributed by atoms with Crippen LogP contribution >= 0.6 is 0 Å². The smallest absolute Gasteiger partial charge is 0.307 e. The Hall–Kier alpha value is -0.790. The van der Waals surface area contributed by atoms with E-state index in [1.807, 2.05) is 0 Å². The Bertz CT molecular complexity index is 678. The molecular formula is C28H46O2. The summed E-state index contributed by atoms with van der Waals surface area (Å²) in [6.07, 6.45) is 16.2. The molecule has 30 heavy (non-hydrogen) atoms. The Balaban J connectivity index is 1.54. The number of hydrogen-bond donors (Lipinski definition) is 1. The van der Waals surface area contributed by atoms with Gasteiger partial charge in [0, 0.05) is 5.41 Å². The molecule has 1 unspecified atom stereocenters. The van der Waals surface area contributed by atoms with E-state index in [0.29, 0.717) is 11.3 Å². The average molecular weight is 415 g/mol. The van der Waals surface area contributed by atoms with Crippen molar-refractivity contribution in [3.63, 3.8) is 0 Å². The third-order valence-electron chi connectivity index (χ3n) is 10.7. The molecule has 0 bridgehead atoms. The van der Waals surface area contributed by atoms with Gasteiger partial charge in [0.2, 0.25) is 0 Å². The largest absolute Gasteiger partial charge is 0.481 e. The van der Waals surface area contributed by atoms with E-state index in [0.717, 1.165) is 48.9 Å². The molecule has 3 saturated carbocycles. The van der Waals surface area contributed by atoms with Gasteiger partial charge in [0.05, 0.1) is 5.92 Å². The molecule has 4 aliphatic carbocycles. The first-order chi connectivity index (χ1) is 14.2. The summed E-state index contributed by atoms with van der Waals surface area (Å²) < 4.78 is 0. The van der Waals surface area contributed by atoms with Crippen LogP contribution in [0.3, 0.4) is 0 Å². The van der Waals surface area contributed by atoms with Crippen LogP contribution in [0, 0.1) is 52.3 Å². The fourth-order valence-corrected chi connectivity index (χ4v) is 9.20. The fourth-order valence-electron chi connectivity index (χ4n) is 9.20. The lowest BCUT2D eigenvalue weighted by atomic mass is 9.44. The zero-order chi connectivity index (χ0) is 21.7. The van der Waals surface area contributed by atoms with Crippen molar-refractivity contribution >= 4 is 5.97 Å². The van der Waals surface area contributed by atoms with E-state index in [-0.39, 0.29) is 11.3 Å². The topological polar surface area (TPSA) is 37.3 Å². The van der Waals surface area contributed by atoms with Gasteiger partial charge in [0.15, 0.2) is 0 Å². The van der Waals surface area contributed by atoms with Gasteiger partial charge >= 0.3 is 5.97 Å². The molecule has 0 aromatic heterocycles. The number of carboxylic acids is 1. The molecule has 170 valence electrons. The predicted octanol–water partition coefficient (Wildman–Crippen LogP) is 7.73. The van der Waals surface area contributed by atoms with Crippen molar-refractivity contribution in [2.75, 3.05) is 0 Å². The van der Waals surface area contributed by atoms with Gasteiger partial charge in [-0.05, 0) is 92.3 Å². The molecule has 0 aromatic carbocycles. The second kappa shape index (κ2) is 8.28. The van der Waals surface area contributed by atoms with Crippen molar-refractivity contribution in [2.45, 2.75) is 105 Å². The van der Waals surface area contributed by atoms with Crippen molar-refractivity contribution in [2.24, 2.45) is 52.3 Å². The summed E-state index contributed by atoms with van der Waals surface area (Å²) in [5.41, 5.74) is 1.90. The van der Waals surface area contributed by atoms with Gasteiger partial charge in [-0.2, -0.15) is 0 Å². The molecule has 0 aromatic rings. The van der Waals surface area contributed by atoms with Crippen LogP contribution in [0.4, 0.5) is 0 Å². The van der Waals surface area contributed by atoms with Crippen molar-refractivity contribution in [3.8, 4) is 0 Å². The molecule has 4 rings (SSSR count). The minimum atomic E-state index is -0.542. The van der Waals surface area contributed by atoms with E-state index in [2.05, 4.69) is 40.7 Å². The van der Waals surface area contributed by atoms with Crippen LogP contribution in [0.5, 0.6) is 0 Å². The summed E-state index contributed by atoms with van der Waals surface area (Å²) in [4.78, 5) is 12.2. The van der Waals surface area contributed by atoms with Crippen molar-refractivity contribution in [1.29, 1.82) is 0 Å². The van der Waals surface area contributed by atoms with Crippen LogP contribution in [0.2, 0.25) is 0 Å². The van der Waals surface area contributed by atoms with Gasteiger partial charge in [0.25, 0.3) is 0 Å². The van der Waals surface area contributed by atoms with Gasteiger partial charge < -0.3 is 5.11 Å². The Morgan fingerprint density at radius 2 is 1.83 bits per heavy atom. The van der Waals surface area contributed by atoms with E-state index >= 15 is 0 Å². The minimum absolute atomic E-state index is 0.0880. The van der Waals surface area contributed by atoms with E-state index in [1.54, 1.807) is 0 Å². The van der Waals surface area contributed by atoms with E-state index in [1.165, 1.54) is 56.9 Å². The molecule has 0 amide bonds. The monoisotopic (exact) mass is 414 g/mol. The molecule has 0 spiro atoms. The SMILES string of the molecule is CC(C)CCC[C@@H](C)[C@H]1CC[C@H]2[C@@H]3CCC4=CCCC(C(=O)O)[C@]4(C)[C@H]3CC[C@]12C. The van der Waals surface area contributed by atoms with Crippen LogP contribution in [-0.2, 0) is 4.79 Å². The minimum Gasteiger partial charge on any atom is -0.481 e. The summed E-state index contributed by atoms with van der Waals surface area (Å²) in [5.74, 6) is 3.99. The molecule has 1 N–H and O–H groups in total. The van der Waals surface area contributed by atoms with Crippen LogP contribution in [0.25, 0.3) is 0 Å². The lowest BCUT2D eigenvalue weighted by Crippen LogP contribution is -2.54. The lowest BCUT2D eigenvalue weighted by Gasteiger charge is -2.60. The van der Waals surface area contributed by atoms with Gasteiger partial charge in [0.1, 0.15) is 0 Å². The molecule has 0 saturated heterocycles. The standard InChI is InChI=1S/C28H46O2/c1-18(2)8-6-9-19(3)22-14-15-23-21-13-12-20-10-7-11-25(26(29)30)28(20,5)24(21)16-17-27(22,23)4/h10,18-19,21-25H,6-9,11-17H2,1-5H3,(H,29,30)/t19-,21+,22-,23+,24+,25?,27-,28+/m1/s1. The molecule has 3 fully saturated rings. The number of fused-ring (bicyclic) bond motifs is 5. The molecule has 4 aliphatic rings. The van der Waals surface area contributed by atoms with Crippen LogP contribution in [-0.4, -0.2) is 11.1 Å². The number of hydrogen-bond acceptors (Lipinski definition) is 1. The maximum Gasteiger partial charge on any atom is 0.307 e. The van der Waals surface area contributed by atoms with E-state index in [4.69, 9.17) is 0 Å². The van der Waals surface area contributed by atoms with Gasteiger partial charge in [-0.1, -0.05) is 65.5 Å². The number of carbonyl (C=O) groups is 1. The van der Waals surface area contributed by atoms with Crippen LogP contribution in [0.15, 0.2) is 11.6 Å². The summed E-state index contributed by atoms with van der Waals surface area (Å²) in [7, 11) is 0. The Kier molecular flexibility index (Phi) is 6.19. The summed E-state index contributed by atoms with van der Waals surface area (Å²) >= 11 is 0. The van der Waals surface area contributed by atoms with Gasteiger partial charge in [-0.25, -0.2) is 0 Å². The normalized spacial score (nSPS) is 44.1. The molecule has 2 nitrogen and oxygen atoms in total. The van der Waals surface area contributed by atoms with Crippen molar-refractivity contribution in [3.05, 3.63) is 11.6 Å². The van der Waals surface area contributed by atoms with Gasteiger partial charge in [-0.3, -0.25) is 4.79 Å². The second-order valence-electron chi connectivity index (χ2n) is 12.4. The van der Waals surface area contributed by atoms with Gasteiger partial charge in [-0.15, -0.1) is 0 Å². The first-order valence-electron chi connectivity index (χ1n) is 13.1. The third kappa shape index (κ3) is 3.49. The Labute approximate surface area is 185 Å². The first kappa shape index (κ1) is 22.4. The number of allylic oxidation sites excluding steroid dienone is 2. The summed E-state index contributed by atoms with van der Waals surface area (Å²) in [6.45, 7) is 12.2. The zero-order valence-electron chi connectivity index (χ0n) is 20.3. The molecule has 2 heteroatoms. The zero-order valence-corrected chi connectivity index (χ0v) is 20.3. The predicted molar refractivity (Wildman–Crippen MR) is 124 cm³/mol. The second-order valence-corrected chi connectivity index (χ2v) is 12.4. The van der Waals surface area contributed by atoms with Crippen LogP contribution < -0.4 is 0 Å².